The minimum atomic E-state index is -0.296. The molecule has 1 aliphatic rings. The largest absolute Gasteiger partial charge is 0.352 e. The summed E-state index contributed by atoms with van der Waals surface area (Å²) in [5.74, 6) is -0.251. The maximum atomic E-state index is 13.3. The second kappa shape index (κ2) is 5.27. The van der Waals surface area contributed by atoms with Crippen molar-refractivity contribution in [2.45, 2.75) is 38.4 Å². The predicted octanol–water partition coefficient (Wildman–Crippen LogP) is 1.58. The summed E-state index contributed by atoms with van der Waals surface area (Å²) in [4.78, 5) is 11.6. The highest BCUT2D eigenvalue weighted by molar-refractivity contribution is 5.81. The molecule has 1 unspecified atom stereocenters. The van der Waals surface area contributed by atoms with E-state index in [4.69, 9.17) is 0 Å². The zero-order chi connectivity index (χ0) is 12.3. The molecule has 1 fully saturated rings. The Labute approximate surface area is 100 Å². The standard InChI is InChI=1S/C13H17FN2O/c1-9(13(17)16-11-6-7-11)15-8-10-4-2-3-5-12(10)14/h2-5,9,11,15H,6-8H2,1H3,(H,16,17). The summed E-state index contributed by atoms with van der Waals surface area (Å²) in [5.41, 5.74) is 0.582. The van der Waals surface area contributed by atoms with Crippen LogP contribution < -0.4 is 10.6 Å². The topological polar surface area (TPSA) is 41.1 Å². The average Bonchev–Trinajstić information content (AvgIpc) is 3.11. The fraction of sp³-hybridized carbons (Fsp3) is 0.462. The van der Waals surface area contributed by atoms with E-state index in [1.54, 1.807) is 25.1 Å². The molecule has 0 bridgehead atoms. The molecule has 0 aromatic heterocycles. The van der Waals surface area contributed by atoms with E-state index >= 15 is 0 Å². The average molecular weight is 236 g/mol. The molecule has 0 saturated heterocycles. The first-order chi connectivity index (χ1) is 8.16. The van der Waals surface area contributed by atoms with E-state index in [1.807, 2.05) is 0 Å². The van der Waals surface area contributed by atoms with Crippen molar-refractivity contribution in [3.8, 4) is 0 Å². The van der Waals surface area contributed by atoms with Crippen molar-refractivity contribution in [1.82, 2.24) is 10.6 Å². The summed E-state index contributed by atoms with van der Waals surface area (Å²) in [5, 5.41) is 5.93. The summed E-state index contributed by atoms with van der Waals surface area (Å²) < 4.78 is 13.3. The normalized spacial score (nSPS) is 16.6. The lowest BCUT2D eigenvalue weighted by Crippen LogP contribution is -2.42. The number of carbonyl (C=O) groups is 1. The third-order valence-electron chi connectivity index (χ3n) is 2.87. The first-order valence-electron chi connectivity index (χ1n) is 5.94. The number of halogens is 1. The molecule has 92 valence electrons. The van der Waals surface area contributed by atoms with Crippen molar-refractivity contribution < 1.29 is 9.18 Å². The van der Waals surface area contributed by atoms with Crippen LogP contribution >= 0.6 is 0 Å². The van der Waals surface area contributed by atoms with Gasteiger partial charge in [-0.25, -0.2) is 4.39 Å². The van der Waals surface area contributed by atoms with Crippen LogP contribution in [0.15, 0.2) is 24.3 Å². The van der Waals surface area contributed by atoms with Crippen molar-refractivity contribution in [2.24, 2.45) is 0 Å². The van der Waals surface area contributed by atoms with E-state index in [1.165, 1.54) is 6.07 Å². The van der Waals surface area contributed by atoms with Crippen LogP contribution in [0.3, 0.4) is 0 Å². The summed E-state index contributed by atoms with van der Waals surface area (Å²) in [6.07, 6.45) is 2.15. The van der Waals surface area contributed by atoms with Gasteiger partial charge in [0.05, 0.1) is 6.04 Å². The van der Waals surface area contributed by atoms with Gasteiger partial charge < -0.3 is 10.6 Å². The van der Waals surface area contributed by atoms with Gasteiger partial charge >= 0.3 is 0 Å². The van der Waals surface area contributed by atoms with E-state index in [0.717, 1.165) is 12.8 Å². The number of rotatable bonds is 5. The Bertz CT molecular complexity index is 404. The van der Waals surface area contributed by atoms with Crippen molar-refractivity contribution >= 4 is 5.91 Å². The van der Waals surface area contributed by atoms with Crippen molar-refractivity contribution in [3.63, 3.8) is 0 Å². The molecule has 17 heavy (non-hydrogen) atoms. The molecule has 1 atom stereocenters. The first kappa shape index (κ1) is 12.0. The molecule has 1 saturated carbocycles. The maximum Gasteiger partial charge on any atom is 0.237 e. The molecule has 2 rings (SSSR count). The van der Waals surface area contributed by atoms with Crippen LogP contribution in [-0.4, -0.2) is 18.0 Å². The Morgan fingerprint density at radius 2 is 2.18 bits per heavy atom. The Morgan fingerprint density at radius 1 is 1.47 bits per heavy atom. The molecule has 1 amide bonds. The van der Waals surface area contributed by atoms with Crippen LogP contribution in [-0.2, 0) is 11.3 Å². The molecule has 4 heteroatoms. The zero-order valence-corrected chi connectivity index (χ0v) is 9.87. The van der Waals surface area contributed by atoms with E-state index in [9.17, 15) is 9.18 Å². The van der Waals surface area contributed by atoms with Crippen LogP contribution in [0.5, 0.6) is 0 Å². The molecule has 1 aliphatic carbocycles. The Kier molecular flexibility index (Phi) is 3.74. The second-order valence-electron chi connectivity index (χ2n) is 4.48. The van der Waals surface area contributed by atoms with Gasteiger partial charge in [-0.3, -0.25) is 4.79 Å². The Morgan fingerprint density at radius 3 is 2.82 bits per heavy atom. The van der Waals surface area contributed by atoms with Gasteiger partial charge in [0.2, 0.25) is 5.91 Å². The molecule has 0 aliphatic heterocycles. The number of carbonyl (C=O) groups excluding carboxylic acids is 1. The van der Waals surface area contributed by atoms with Gasteiger partial charge in [-0.1, -0.05) is 18.2 Å². The van der Waals surface area contributed by atoms with Crippen molar-refractivity contribution in [3.05, 3.63) is 35.6 Å². The molecule has 1 aromatic carbocycles. The van der Waals surface area contributed by atoms with Gasteiger partial charge in [0.15, 0.2) is 0 Å². The molecule has 0 spiro atoms. The van der Waals surface area contributed by atoms with Crippen LogP contribution in [0.2, 0.25) is 0 Å². The molecular formula is C13H17FN2O. The molecule has 0 radical (unpaired) electrons. The van der Waals surface area contributed by atoms with E-state index < -0.39 is 0 Å². The molecule has 1 aromatic rings. The van der Waals surface area contributed by atoms with Gasteiger partial charge in [-0.05, 0) is 25.8 Å². The fourth-order valence-electron chi connectivity index (χ4n) is 1.55. The second-order valence-corrected chi connectivity index (χ2v) is 4.48. The fourth-order valence-corrected chi connectivity index (χ4v) is 1.55. The van der Waals surface area contributed by atoms with Crippen molar-refractivity contribution in [1.29, 1.82) is 0 Å². The van der Waals surface area contributed by atoms with Gasteiger partial charge in [0.25, 0.3) is 0 Å². The number of hydrogen-bond donors (Lipinski definition) is 2. The molecule has 2 N–H and O–H groups in total. The van der Waals surface area contributed by atoms with Gasteiger partial charge in [0, 0.05) is 18.2 Å². The highest BCUT2D eigenvalue weighted by Crippen LogP contribution is 2.18. The number of hydrogen-bond acceptors (Lipinski definition) is 2. The lowest BCUT2D eigenvalue weighted by molar-refractivity contribution is -0.122. The minimum absolute atomic E-state index is 0.0103. The smallest absolute Gasteiger partial charge is 0.237 e. The summed E-state index contributed by atoms with van der Waals surface area (Å²) in [7, 11) is 0. The number of amides is 1. The SMILES string of the molecule is CC(NCc1ccccc1F)C(=O)NC1CC1. The third-order valence-corrected chi connectivity index (χ3v) is 2.87. The monoisotopic (exact) mass is 236 g/mol. The minimum Gasteiger partial charge on any atom is -0.352 e. The third kappa shape index (κ3) is 3.53. The summed E-state index contributed by atoms with van der Waals surface area (Å²) in [6.45, 7) is 2.16. The lowest BCUT2D eigenvalue weighted by atomic mass is 10.2. The lowest BCUT2D eigenvalue weighted by Gasteiger charge is -2.14. The van der Waals surface area contributed by atoms with Crippen LogP contribution in [0.1, 0.15) is 25.3 Å². The van der Waals surface area contributed by atoms with Crippen molar-refractivity contribution in [2.75, 3.05) is 0 Å². The highest BCUT2D eigenvalue weighted by Gasteiger charge is 2.25. The van der Waals surface area contributed by atoms with Gasteiger partial charge in [-0.2, -0.15) is 0 Å². The van der Waals surface area contributed by atoms with Crippen LogP contribution in [0, 0.1) is 5.82 Å². The number of benzene rings is 1. The molecule has 3 nitrogen and oxygen atoms in total. The first-order valence-corrected chi connectivity index (χ1v) is 5.94. The molecular weight excluding hydrogens is 219 g/mol. The zero-order valence-electron chi connectivity index (χ0n) is 9.87. The van der Waals surface area contributed by atoms with Gasteiger partial charge in [-0.15, -0.1) is 0 Å². The quantitative estimate of drug-likeness (QED) is 0.815. The summed E-state index contributed by atoms with van der Waals surface area (Å²) in [6, 6.07) is 6.65. The Balaban J connectivity index is 1.80. The van der Waals surface area contributed by atoms with Crippen LogP contribution in [0.25, 0.3) is 0 Å². The number of nitrogens with one attached hydrogen (secondary N) is 2. The molecule has 0 heterocycles. The van der Waals surface area contributed by atoms with E-state index in [0.29, 0.717) is 18.2 Å². The van der Waals surface area contributed by atoms with Crippen LogP contribution in [0.4, 0.5) is 4.39 Å². The van der Waals surface area contributed by atoms with E-state index in [2.05, 4.69) is 10.6 Å². The van der Waals surface area contributed by atoms with Gasteiger partial charge in [0.1, 0.15) is 5.82 Å². The predicted molar refractivity (Wildman–Crippen MR) is 63.9 cm³/mol. The highest BCUT2D eigenvalue weighted by atomic mass is 19.1. The Hall–Kier alpha value is -1.42. The van der Waals surface area contributed by atoms with E-state index in [-0.39, 0.29) is 17.8 Å². The maximum absolute atomic E-state index is 13.3. The summed E-state index contributed by atoms with van der Waals surface area (Å²) >= 11 is 0.